The molecule has 6 heteroatoms. The summed E-state index contributed by atoms with van der Waals surface area (Å²) in [6, 6.07) is -0.984. The van der Waals surface area contributed by atoms with Crippen molar-refractivity contribution in [3.63, 3.8) is 0 Å². The number of rotatable bonds is 9. The van der Waals surface area contributed by atoms with Crippen LogP contribution in [0.15, 0.2) is 0 Å². The zero-order valence-electron chi connectivity index (χ0n) is 11.1. The van der Waals surface area contributed by atoms with Gasteiger partial charge in [0.1, 0.15) is 6.04 Å². The molecule has 0 bridgehead atoms. The number of sulfonamides is 1. The SMILES string of the molecule is CCCCC(NS(=O)(=O)CCC1(C)CC1)C(=O)O. The van der Waals surface area contributed by atoms with Crippen LogP contribution in [-0.4, -0.2) is 31.3 Å². The minimum Gasteiger partial charge on any atom is -0.480 e. The maximum Gasteiger partial charge on any atom is 0.321 e. The maximum atomic E-state index is 11.8. The molecule has 106 valence electrons. The lowest BCUT2D eigenvalue weighted by Gasteiger charge is -2.15. The van der Waals surface area contributed by atoms with Gasteiger partial charge in [-0.15, -0.1) is 0 Å². The highest BCUT2D eigenvalue weighted by Crippen LogP contribution is 2.48. The Morgan fingerprint density at radius 2 is 2.06 bits per heavy atom. The Bertz CT molecular complexity index is 387. The van der Waals surface area contributed by atoms with E-state index in [0.29, 0.717) is 19.3 Å². The van der Waals surface area contributed by atoms with E-state index in [0.717, 1.165) is 19.3 Å². The largest absolute Gasteiger partial charge is 0.480 e. The topological polar surface area (TPSA) is 83.5 Å². The Balaban J connectivity index is 2.47. The average Bonchev–Trinajstić information content (AvgIpc) is 3.01. The maximum absolute atomic E-state index is 11.8. The summed E-state index contributed by atoms with van der Waals surface area (Å²) in [6.45, 7) is 4.01. The van der Waals surface area contributed by atoms with Crippen LogP contribution in [0.4, 0.5) is 0 Å². The number of carboxylic acid groups (broad SMARTS) is 1. The van der Waals surface area contributed by atoms with Crippen molar-refractivity contribution in [2.45, 2.75) is 58.4 Å². The molecule has 0 spiro atoms. The van der Waals surface area contributed by atoms with E-state index in [1.807, 2.05) is 6.92 Å². The van der Waals surface area contributed by atoms with Crippen molar-refractivity contribution in [3.8, 4) is 0 Å². The fourth-order valence-electron chi connectivity index (χ4n) is 1.76. The molecule has 1 fully saturated rings. The molecule has 0 amide bonds. The van der Waals surface area contributed by atoms with Crippen LogP contribution in [-0.2, 0) is 14.8 Å². The third kappa shape index (κ3) is 5.35. The van der Waals surface area contributed by atoms with Gasteiger partial charge in [-0.2, -0.15) is 0 Å². The lowest BCUT2D eigenvalue weighted by molar-refractivity contribution is -0.139. The Morgan fingerprint density at radius 3 is 2.50 bits per heavy atom. The number of unbranched alkanes of at least 4 members (excludes halogenated alkanes) is 1. The van der Waals surface area contributed by atoms with Crippen LogP contribution >= 0.6 is 0 Å². The quantitative estimate of drug-likeness (QED) is 0.672. The molecule has 2 N–H and O–H groups in total. The highest BCUT2D eigenvalue weighted by Gasteiger charge is 2.38. The molecule has 0 aromatic heterocycles. The lowest BCUT2D eigenvalue weighted by atomic mass is 10.1. The van der Waals surface area contributed by atoms with E-state index in [1.54, 1.807) is 0 Å². The first-order valence-electron chi connectivity index (χ1n) is 6.51. The number of carboxylic acids is 1. The fourth-order valence-corrected chi connectivity index (χ4v) is 3.29. The number of hydrogen-bond acceptors (Lipinski definition) is 3. The molecule has 0 aromatic rings. The molecule has 1 saturated carbocycles. The zero-order chi connectivity index (χ0) is 13.8. The van der Waals surface area contributed by atoms with Crippen LogP contribution in [0.2, 0.25) is 0 Å². The first-order valence-corrected chi connectivity index (χ1v) is 8.16. The highest BCUT2D eigenvalue weighted by molar-refractivity contribution is 7.89. The lowest BCUT2D eigenvalue weighted by Crippen LogP contribution is -2.42. The molecule has 0 heterocycles. The smallest absolute Gasteiger partial charge is 0.321 e. The summed E-state index contributed by atoms with van der Waals surface area (Å²) in [4.78, 5) is 11.0. The van der Waals surface area contributed by atoms with Crippen LogP contribution < -0.4 is 4.72 Å². The molecule has 0 aromatic carbocycles. The molecule has 1 aliphatic rings. The molecular formula is C12H23NO4S. The van der Waals surface area contributed by atoms with Gasteiger partial charge in [0.15, 0.2) is 0 Å². The van der Waals surface area contributed by atoms with Crippen LogP contribution in [0.5, 0.6) is 0 Å². The predicted molar refractivity (Wildman–Crippen MR) is 69.8 cm³/mol. The minimum atomic E-state index is -3.48. The van der Waals surface area contributed by atoms with E-state index in [9.17, 15) is 13.2 Å². The molecule has 1 unspecified atom stereocenters. The number of nitrogens with one attached hydrogen (secondary N) is 1. The summed E-state index contributed by atoms with van der Waals surface area (Å²) in [5.41, 5.74) is 0.164. The summed E-state index contributed by atoms with van der Waals surface area (Å²) in [6.07, 6.45) is 4.66. The second-order valence-electron chi connectivity index (χ2n) is 5.53. The second kappa shape index (κ2) is 6.02. The summed E-state index contributed by atoms with van der Waals surface area (Å²) >= 11 is 0. The van der Waals surface area contributed by atoms with E-state index in [-0.39, 0.29) is 11.2 Å². The summed E-state index contributed by atoms with van der Waals surface area (Å²) in [5.74, 6) is -1.07. The average molecular weight is 277 g/mol. The van der Waals surface area contributed by atoms with Crippen LogP contribution in [0, 0.1) is 5.41 Å². The number of aliphatic carboxylic acids is 1. The fraction of sp³-hybridized carbons (Fsp3) is 0.917. The van der Waals surface area contributed by atoms with Gasteiger partial charge in [0, 0.05) is 0 Å². The van der Waals surface area contributed by atoms with Crippen molar-refractivity contribution in [3.05, 3.63) is 0 Å². The van der Waals surface area contributed by atoms with Gasteiger partial charge in [0.2, 0.25) is 10.0 Å². The van der Waals surface area contributed by atoms with E-state index >= 15 is 0 Å². The van der Waals surface area contributed by atoms with Crippen LogP contribution in [0.1, 0.15) is 52.4 Å². The monoisotopic (exact) mass is 277 g/mol. The normalized spacial score (nSPS) is 19.4. The molecule has 1 aliphatic carbocycles. The summed E-state index contributed by atoms with van der Waals surface area (Å²) in [5, 5.41) is 8.98. The Morgan fingerprint density at radius 1 is 1.44 bits per heavy atom. The first-order chi connectivity index (χ1) is 8.28. The third-order valence-electron chi connectivity index (χ3n) is 3.54. The summed E-state index contributed by atoms with van der Waals surface area (Å²) < 4.78 is 25.9. The van der Waals surface area contributed by atoms with Gasteiger partial charge in [0.05, 0.1) is 5.75 Å². The van der Waals surface area contributed by atoms with Crippen molar-refractivity contribution in [1.29, 1.82) is 0 Å². The molecular weight excluding hydrogens is 254 g/mol. The van der Waals surface area contributed by atoms with Gasteiger partial charge in [-0.3, -0.25) is 4.79 Å². The van der Waals surface area contributed by atoms with E-state index in [4.69, 9.17) is 5.11 Å². The predicted octanol–water partition coefficient (Wildman–Crippen LogP) is 1.74. The highest BCUT2D eigenvalue weighted by atomic mass is 32.2. The molecule has 1 atom stereocenters. The Kier molecular flexibility index (Phi) is 5.16. The zero-order valence-corrected chi connectivity index (χ0v) is 11.9. The second-order valence-corrected chi connectivity index (χ2v) is 7.40. The van der Waals surface area contributed by atoms with E-state index in [2.05, 4.69) is 11.6 Å². The van der Waals surface area contributed by atoms with Crippen LogP contribution in [0.25, 0.3) is 0 Å². The van der Waals surface area contributed by atoms with Crippen molar-refractivity contribution >= 4 is 16.0 Å². The van der Waals surface area contributed by atoms with Gasteiger partial charge in [-0.1, -0.05) is 26.7 Å². The standard InChI is InChI=1S/C12H23NO4S/c1-3-4-5-10(11(14)15)13-18(16,17)9-8-12(2)6-7-12/h10,13H,3-9H2,1-2H3,(H,14,15). The van der Waals surface area contributed by atoms with Crippen molar-refractivity contribution in [1.82, 2.24) is 4.72 Å². The van der Waals surface area contributed by atoms with Crippen molar-refractivity contribution in [2.75, 3.05) is 5.75 Å². The molecule has 1 rings (SSSR count). The molecule has 0 radical (unpaired) electrons. The van der Waals surface area contributed by atoms with Crippen molar-refractivity contribution < 1.29 is 18.3 Å². The first kappa shape index (κ1) is 15.4. The third-order valence-corrected chi connectivity index (χ3v) is 4.93. The molecule has 0 aliphatic heterocycles. The molecule has 5 nitrogen and oxygen atoms in total. The van der Waals surface area contributed by atoms with Gasteiger partial charge < -0.3 is 5.11 Å². The number of carbonyl (C=O) groups is 1. The Hall–Kier alpha value is -0.620. The summed E-state index contributed by atoms with van der Waals surface area (Å²) in [7, 11) is -3.48. The van der Waals surface area contributed by atoms with E-state index < -0.39 is 22.0 Å². The van der Waals surface area contributed by atoms with Gasteiger partial charge in [-0.05, 0) is 31.1 Å². The van der Waals surface area contributed by atoms with Gasteiger partial charge in [0.25, 0.3) is 0 Å². The Labute approximate surface area is 109 Å². The van der Waals surface area contributed by atoms with Gasteiger partial charge in [-0.25, -0.2) is 13.1 Å². The van der Waals surface area contributed by atoms with Gasteiger partial charge >= 0.3 is 5.97 Å². The molecule has 0 saturated heterocycles. The van der Waals surface area contributed by atoms with E-state index in [1.165, 1.54) is 0 Å². The van der Waals surface area contributed by atoms with Crippen LogP contribution in [0.3, 0.4) is 0 Å². The van der Waals surface area contributed by atoms with Crippen molar-refractivity contribution in [2.24, 2.45) is 5.41 Å². The molecule has 18 heavy (non-hydrogen) atoms. The number of hydrogen-bond donors (Lipinski definition) is 2. The minimum absolute atomic E-state index is 0.0272.